The van der Waals surface area contributed by atoms with Crippen molar-refractivity contribution >= 4 is 15.9 Å². The summed E-state index contributed by atoms with van der Waals surface area (Å²) in [6, 6.07) is -0.124. The summed E-state index contributed by atoms with van der Waals surface area (Å²) >= 11 is 0. The second kappa shape index (κ2) is 5.59. The van der Waals surface area contributed by atoms with Crippen LogP contribution in [0.15, 0.2) is 18.7 Å². The molecule has 18 heavy (non-hydrogen) atoms. The summed E-state index contributed by atoms with van der Waals surface area (Å²) in [6.07, 6.45) is 6.88. The molecule has 2 rings (SSSR count). The smallest absolute Gasteiger partial charge is 0.302 e. The highest BCUT2D eigenvalue weighted by atomic mass is 32.2. The van der Waals surface area contributed by atoms with Crippen molar-refractivity contribution < 1.29 is 8.42 Å². The second-order valence-corrected chi connectivity index (χ2v) is 5.85. The van der Waals surface area contributed by atoms with Gasteiger partial charge in [-0.2, -0.15) is 12.7 Å². The number of piperidine rings is 1. The molecule has 100 valence electrons. The maximum atomic E-state index is 12.2. The van der Waals surface area contributed by atoms with Gasteiger partial charge in [0.1, 0.15) is 6.33 Å². The molecule has 7 nitrogen and oxygen atoms in total. The maximum absolute atomic E-state index is 12.2. The minimum atomic E-state index is -3.57. The third kappa shape index (κ3) is 2.95. The van der Waals surface area contributed by atoms with E-state index in [1.54, 1.807) is 0 Å². The van der Waals surface area contributed by atoms with E-state index in [0.29, 0.717) is 18.8 Å². The van der Waals surface area contributed by atoms with Crippen molar-refractivity contribution in [1.29, 1.82) is 0 Å². The van der Waals surface area contributed by atoms with E-state index in [9.17, 15) is 8.42 Å². The Balaban J connectivity index is 2.14. The molecule has 1 unspecified atom stereocenters. The molecule has 2 heterocycles. The lowest BCUT2D eigenvalue weighted by Gasteiger charge is -2.33. The Kier molecular flexibility index (Phi) is 4.10. The molecule has 1 aliphatic heterocycles. The number of nitrogens with one attached hydrogen (secondary N) is 1. The number of hydrogen-bond acceptors (Lipinski definition) is 5. The summed E-state index contributed by atoms with van der Waals surface area (Å²) in [5.74, 6) is 0. The molecule has 1 atom stereocenters. The second-order valence-electron chi connectivity index (χ2n) is 4.23. The zero-order valence-corrected chi connectivity index (χ0v) is 10.8. The third-order valence-electron chi connectivity index (χ3n) is 2.96. The van der Waals surface area contributed by atoms with Crippen molar-refractivity contribution in [3.63, 3.8) is 0 Å². The van der Waals surface area contributed by atoms with Crippen molar-refractivity contribution in [3.8, 4) is 0 Å². The summed E-state index contributed by atoms with van der Waals surface area (Å²) in [6.45, 7) is 0.844. The van der Waals surface area contributed by atoms with Crippen LogP contribution in [0.4, 0.5) is 5.69 Å². The first kappa shape index (κ1) is 13.2. The number of nitrogens with zero attached hydrogens (tertiary/aromatic N) is 3. The Labute approximate surface area is 107 Å². The molecule has 1 aromatic heterocycles. The van der Waals surface area contributed by atoms with E-state index in [0.717, 1.165) is 19.3 Å². The van der Waals surface area contributed by atoms with Crippen LogP contribution in [-0.2, 0) is 10.2 Å². The molecular weight excluding hydrogens is 254 g/mol. The van der Waals surface area contributed by atoms with Crippen molar-refractivity contribution in [2.45, 2.75) is 25.3 Å². The predicted molar refractivity (Wildman–Crippen MR) is 68.0 cm³/mol. The number of aromatic nitrogens is 2. The van der Waals surface area contributed by atoms with Crippen LogP contribution in [0.25, 0.3) is 0 Å². The average Bonchev–Trinajstić information content (AvgIpc) is 2.39. The van der Waals surface area contributed by atoms with Gasteiger partial charge in [0.2, 0.25) is 0 Å². The Morgan fingerprint density at radius 2 is 2.11 bits per heavy atom. The normalized spacial score (nSPS) is 21.7. The standard InChI is InChI=1S/C10H17N5O2S/c11-5-10-3-1-2-4-15(10)18(16,17)14-9-6-12-8-13-7-9/h6-8,10,14H,1-5,11H2. The maximum Gasteiger partial charge on any atom is 0.302 e. The molecule has 1 aliphatic rings. The molecule has 0 amide bonds. The first-order chi connectivity index (χ1) is 8.63. The quantitative estimate of drug-likeness (QED) is 0.799. The summed E-state index contributed by atoms with van der Waals surface area (Å²) in [4.78, 5) is 7.54. The van der Waals surface area contributed by atoms with E-state index in [4.69, 9.17) is 5.73 Å². The fourth-order valence-corrected chi connectivity index (χ4v) is 3.56. The molecule has 1 saturated heterocycles. The molecule has 0 spiro atoms. The zero-order valence-electron chi connectivity index (χ0n) is 9.99. The number of hydrogen-bond donors (Lipinski definition) is 2. The van der Waals surface area contributed by atoms with Crippen LogP contribution in [0.5, 0.6) is 0 Å². The Morgan fingerprint density at radius 3 is 2.78 bits per heavy atom. The lowest BCUT2D eigenvalue weighted by atomic mass is 10.1. The largest absolute Gasteiger partial charge is 0.329 e. The van der Waals surface area contributed by atoms with Gasteiger partial charge in [0.05, 0.1) is 18.1 Å². The van der Waals surface area contributed by atoms with Gasteiger partial charge < -0.3 is 5.73 Å². The van der Waals surface area contributed by atoms with Gasteiger partial charge in [0, 0.05) is 19.1 Å². The highest BCUT2D eigenvalue weighted by Crippen LogP contribution is 2.20. The summed E-state index contributed by atoms with van der Waals surface area (Å²) in [5.41, 5.74) is 5.99. The van der Waals surface area contributed by atoms with Crippen LogP contribution in [0, 0.1) is 0 Å². The van der Waals surface area contributed by atoms with Gasteiger partial charge in [-0.3, -0.25) is 4.72 Å². The van der Waals surface area contributed by atoms with E-state index < -0.39 is 10.2 Å². The third-order valence-corrected chi connectivity index (χ3v) is 4.55. The fourth-order valence-electron chi connectivity index (χ4n) is 2.09. The topological polar surface area (TPSA) is 101 Å². The average molecular weight is 271 g/mol. The van der Waals surface area contributed by atoms with Gasteiger partial charge in [-0.15, -0.1) is 0 Å². The number of anilines is 1. The van der Waals surface area contributed by atoms with Gasteiger partial charge in [-0.25, -0.2) is 9.97 Å². The summed E-state index contributed by atoms with van der Waals surface area (Å²) in [5, 5.41) is 0. The predicted octanol–water partition coefficient (Wildman–Crippen LogP) is -0.0535. The molecule has 0 aromatic carbocycles. The van der Waals surface area contributed by atoms with Crippen LogP contribution < -0.4 is 10.5 Å². The molecule has 0 saturated carbocycles. The fraction of sp³-hybridized carbons (Fsp3) is 0.600. The summed E-state index contributed by atoms with van der Waals surface area (Å²) < 4.78 is 28.4. The molecule has 1 aromatic rings. The zero-order chi connectivity index (χ0) is 13.0. The van der Waals surface area contributed by atoms with Crippen molar-refractivity contribution in [3.05, 3.63) is 18.7 Å². The molecular formula is C10H17N5O2S. The molecule has 0 radical (unpaired) electrons. The molecule has 0 aliphatic carbocycles. The molecule has 3 N–H and O–H groups in total. The molecule has 0 bridgehead atoms. The number of rotatable bonds is 4. The van der Waals surface area contributed by atoms with E-state index in [-0.39, 0.29) is 6.04 Å². The van der Waals surface area contributed by atoms with Gasteiger partial charge in [0.25, 0.3) is 0 Å². The van der Waals surface area contributed by atoms with Gasteiger partial charge >= 0.3 is 10.2 Å². The minimum absolute atomic E-state index is 0.124. The first-order valence-electron chi connectivity index (χ1n) is 5.88. The molecule has 1 fully saturated rings. The summed E-state index contributed by atoms with van der Waals surface area (Å²) in [7, 11) is -3.57. The SMILES string of the molecule is NCC1CCCCN1S(=O)(=O)Nc1cncnc1. The Morgan fingerprint density at radius 1 is 1.39 bits per heavy atom. The van der Waals surface area contributed by atoms with E-state index in [2.05, 4.69) is 14.7 Å². The van der Waals surface area contributed by atoms with Crippen LogP contribution in [0.2, 0.25) is 0 Å². The van der Waals surface area contributed by atoms with E-state index in [1.807, 2.05) is 0 Å². The lowest BCUT2D eigenvalue weighted by Crippen LogP contribution is -2.49. The highest BCUT2D eigenvalue weighted by molar-refractivity contribution is 7.90. The van der Waals surface area contributed by atoms with Crippen molar-refractivity contribution in [1.82, 2.24) is 14.3 Å². The van der Waals surface area contributed by atoms with Gasteiger partial charge in [-0.05, 0) is 12.8 Å². The van der Waals surface area contributed by atoms with Crippen LogP contribution >= 0.6 is 0 Å². The minimum Gasteiger partial charge on any atom is -0.329 e. The van der Waals surface area contributed by atoms with Crippen molar-refractivity contribution in [2.24, 2.45) is 5.73 Å². The van der Waals surface area contributed by atoms with Gasteiger partial charge in [-0.1, -0.05) is 6.42 Å². The Hall–Kier alpha value is -1.25. The van der Waals surface area contributed by atoms with Gasteiger partial charge in [0.15, 0.2) is 0 Å². The van der Waals surface area contributed by atoms with Crippen LogP contribution in [0.1, 0.15) is 19.3 Å². The highest BCUT2D eigenvalue weighted by Gasteiger charge is 2.31. The lowest BCUT2D eigenvalue weighted by molar-refractivity contribution is 0.259. The van der Waals surface area contributed by atoms with E-state index >= 15 is 0 Å². The number of nitrogens with two attached hydrogens (primary N) is 1. The first-order valence-corrected chi connectivity index (χ1v) is 7.32. The van der Waals surface area contributed by atoms with Crippen molar-refractivity contribution in [2.75, 3.05) is 17.8 Å². The van der Waals surface area contributed by atoms with E-state index in [1.165, 1.54) is 23.0 Å². The van der Waals surface area contributed by atoms with Crippen LogP contribution in [0.3, 0.4) is 0 Å². The van der Waals surface area contributed by atoms with Crippen LogP contribution in [-0.4, -0.2) is 41.8 Å². The monoisotopic (exact) mass is 271 g/mol. The Bertz CT molecular complexity index is 478. The molecule has 8 heteroatoms.